The number of nitrogens with one attached hydrogen (secondary N) is 2. The van der Waals surface area contributed by atoms with Crippen LogP contribution in [0.25, 0.3) is 11.4 Å². The first-order valence-corrected chi connectivity index (χ1v) is 11.0. The molecule has 0 saturated heterocycles. The summed E-state index contributed by atoms with van der Waals surface area (Å²) >= 11 is 5.85. The third-order valence-corrected chi connectivity index (χ3v) is 6.01. The lowest BCUT2D eigenvalue weighted by atomic mass is 10.2. The number of rotatable bonds is 6. The number of aromatic nitrogens is 4. The van der Waals surface area contributed by atoms with E-state index in [1.165, 1.54) is 30.6 Å². The van der Waals surface area contributed by atoms with Crippen molar-refractivity contribution in [3.8, 4) is 11.4 Å². The summed E-state index contributed by atoms with van der Waals surface area (Å²) in [6.07, 6.45) is 4.71. The number of anilines is 3. The minimum absolute atomic E-state index is 0.118. The Bertz CT molecular complexity index is 1320. The van der Waals surface area contributed by atoms with Crippen LogP contribution in [0.3, 0.4) is 0 Å². The summed E-state index contributed by atoms with van der Waals surface area (Å²) in [6.45, 7) is 1.90. The third-order valence-electron chi connectivity index (χ3n) is 4.36. The summed E-state index contributed by atoms with van der Waals surface area (Å²) in [5.74, 6) is 0.358. The van der Waals surface area contributed by atoms with Gasteiger partial charge in [-0.2, -0.15) is 0 Å². The van der Waals surface area contributed by atoms with Crippen molar-refractivity contribution in [2.75, 3.05) is 10.0 Å². The van der Waals surface area contributed by atoms with Crippen LogP contribution in [0, 0.1) is 6.92 Å². The summed E-state index contributed by atoms with van der Waals surface area (Å²) in [7, 11) is -3.76. The molecule has 0 bridgehead atoms. The maximum Gasteiger partial charge on any atom is 0.261 e. The second-order valence-electron chi connectivity index (χ2n) is 6.57. The molecule has 4 rings (SSSR count). The Balaban J connectivity index is 1.58. The topological polar surface area (TPSA) is 110 Å². The highest BCUT2D eigenvalue weighted by Crippen LogP contribution is 2.26. The second-order valence-corrected chi connectivity index (χ2v) is 8.69. The van der Waals surface area contributed by atoms with Crippen molar-refractivity contribution in [2.24, 2.45) is 0 Å². The van der Waals surface area contributed by atoms with Crippen LogP contribution in [-0.2, 0) is 10.0 Å². The van der Waals surface area contributed by atoms with Gasteiger partial charge in [0.1, 0.15) is 6.33 Å². The number of halogens is 1. The Morgan fingerprint density at radius 1 is 0.903 bits per heavy atom. The van der Waals surface area contributed by atoms with E-state index in [4.69, 9.17) is 11.6 Å². The monoisotopic (exact) mass is 452 g/mol. The van der Waals surface area contributed by atoms with Gasteiger partial charge in [0, 0.05) is 23.1 Å². The first-order valence-electron chi connectivity index (χ1n) is 9.16. The van der Waals surface area contributed by atoms with E-state index in [9.17, 15) is 8.42 Å². The Hall–Kier alpha value is -3.56. The number of hydrogen-bond acceptors (Lipinski definition) is 7. The molecule has 0 aliphatic carbocycles. The molecular formula is C21H17ClN6O2S. The molecule has 10 heteroatoms. The summed E-state index contributed by atoms with van der Waals surface area (Å²) in [6, 6.07) is 14.6. The summed E-state index contributed by atoms with van der Waals surface area (Å²) in [5, 5.41) is 3.60. The molecule has 0 saturated carbocycles. The van der Waals surface area contributed by atoms with Gasteiger partial charge in [-0.15, -0.1) is 0 Å². The van der Waals surface area contributed by atoms with Crippen molar-refractivity contribution in [1.29, 1.82) is 0 Å². The Morgan fingerprint density at radius 3 is 2.42 bits per heavy atom. The van der Waals surface area contributed by atoms with E-state index in [0.29, 0.717) is 33.7 Å². The molecular weight excluding hydrogens is 436 g/mol. The molecule has 0 radical (unpaired) electrons. The fraction of sp³-hybridized carbons (Fsp3) is 0.0476. The van der Waals surface area contributed by atoms with Gasteiger partial charge in [0.2, 0.25) is 5.95 Å². The molecule has 0 amide bonds. The van der Waals surface area contributed by atoms with E-state index in [2.05, 4.69) is 30.0 Å². The number of sulfonamides is 1. The number of nitrogens with zero attached hydrogens (tertiary/aromatic N) is 4. The predicted molar refractivity (Wildman–Crippen MR) is 120 cm³/mol. The molecule has 2 heterocycles. The number of hydrogen-bond donors (Lipinski definition) is 2. The zero-order valence-electron chi connectivity index (χ0n) is 16.3. The maximum atomic E-state index is 12.7. The Labute approximate surface area is 184 Å². The van der Waals surface area contributed by atoms with E-state index >= 15 is 0 Å². The van der Waals surface area contributed by atoms with Crippen molar-refractivity contribution in [3.05, 3.63) is 83.9 Å². The van der Waals surface area contributed by atoms with Crippen LogP contribution in [0.15, 0.2) is 78.2 Å². The summed E-state index contributed by atoms with van der Waals surface area (Å²) < 4.78 is 27.9. The number of benzene rings is 2. The average Bonchev–Trinajstić information content (AvgIpc) is 2.77. The van der Waals surface area contributed by atoms with E-state index in [-0.39, 0.29) is 4.90 Å². The van der Waals surface area contributed by atoms with Crippen LogP contribution in [0.1, 0.15) is 5.56 Å². The molecule has 0 aliphatic rings. The van der Waals surface area contributed by atoms with Gasteiger partial charge in [-0.25, -0.2) is 28.4 Å². The van der Waals surface area contributed by atoms with E-state index in [0.717, 1.165) is 5.56 Å². The maximum absolute atomic E-state index is 12.7. The molecule has 0 fully saturated rings. The standard InChI is InChI=1S/C21H17ClN6O2S/c1-14-2-5-16(28-31(29,30)17-6-3-15(22)4-7-17)12-20(14)27-21-24-11-9-19(26-21)18-8-10-23-13-25-18/h2-13,28H,1H3,(H,24,26,27). The lowest BCUT2D eigenvalue weighted by Crippen LogP contribution is -2.13. The molecule has 2 N–H and O–H groups in total. The third kappa shape index (κ3) is 4.96. The minimum atomic E-state index is -3.76. The van der Waals surface area contributed by atoms with Crippen molar-refractivity contribution >= 4 is 38.9 Å². The quantitative estimate of drug-likeness (QED) is 0.445. The van der Waals surface area contributed by atoms with Gasteiger partial charge in [-0.05, 0) is 61.0 Å². The molecule has 4 aromatic rings. The minimum Gasteiger partial charge on any atom is -0.324 e. The molecule has 8 nitrogen and oxygen atoms in total. The zero-order valence-corrected chi connectivity index (χ0v) is 17.9. The SMILES string of the molecule is Cc1ccc(NS(=O)(=O)c2ccc(Cl)cc2)cc1Nc1nccc(-c2ccncn2)n1. The normalized spacial score (nSPS) is 11.2. The predicted octanol–water partition coefficient (Wildman–Crippen LogP) is 4.44. The van der Waals surface area contributed by atoms with Crippen molar-refractivity contribution in [2.45, 2.75) is 11.8 Å². The van der Waals surface area contributed by atoms with Crippen LogP contribution in [0.5, 0.6) is 0 Å². The largest absolute Gasteiger partial charge is 0.324 e. The van der Waals surface area contributed by atoms with Gasteiger partial charge in [0.15, 0.2) is 0 Å². The van der Waals surface area contributed by atoms with Gasteiger partial charge >= 0.3 is 0 Å². The Morgan fingerprint density at radius 2 is 1.68 bits per heavy atom. The van der Waals surface area contributed by atoms with E-state index in [1.54, 1.807) is 42.7 Å². The highest BCUT2D eigenvalue weighted by Gasteiger charge is 2.15. The van der Waals surface area contributed by atoms with Gasteiger partial charge in [0.25, 0.3) is 10.0 Å². The molecule has 0 atom stereocenters. The van der Waals surface area contributed by atoms with Gasteiger partial charge in [-0.3, -0.25) is 4.72 Å². The van der Waals surface area contributed by atoms with E-state index < -0.39 is 10.0 Å². The molecule has 0 spiro atoms. The fourth-order valence-corrected chi connectivity index (χ4v) is 3.95. The van der Waals surface area contributed by atoms with E-state index in [1.807, 2.05) is 6.92 Å². The molecule has 2 aromatic carbocycles. The molecule has 0 aliphatic heterocycles. The molecule has 31 heavy (non-hydrogen) atoms. The van der Waals surface area contributed by atoms with Crippen molar-refractivity contribution in [1.82, 2.24) is 19.9 Å². The van der Waals surface area contributed by atoms with Gasteiger partial charge < -0.3 is 5.32 Å². The first-order chi connectivity index (χ1) is 14.9. The van der Waals surface area contributed by atoms with Crippen LogP contribution >= 0.6 is 11.6 Å². The van der Waals surface area contributed by atoms with Crippen LogP contribution in [0.4, 0.5) is 17.3 Å². The Kier molecular flexibility index (Phi) is 5.79. The van der Waals surface area contributed by atoms with Crippen LogP contribution in [0.2, 0.25) is 5.02 Å². The van der Waals surface area contributed by atoms with Gasteiger partial charge in [-0.1, -0.05) is 17.7 Å². The summed E-state index contributed by atoms with van der Waals surface area (Å²) in [4.78, 5) is 16.9. The molecule has 156 valence electrons. The molecule has 0 unspecified atom stereocenters. The summed E-state index contributed by atoms with van der Waals surface area (Å²) in [5.41, 5.74) is 3.26. The van der Waals surface area contributed by atoms with Crippen molar-refractivity contribution < 1.29 is 8.42 Å². The molecule has 2 aromatic heterocycles. The highest BCUT2D eigenvalue weighted by molar-refractivity contribution is 7.92. The lowest BCUT2D eigenvalue weighted by Gasteiger charge is -2.13. The van der Waals surface area contributed by atoms with Crippen LogP contribution in [-0.4, -0.2) is 28.4 Å². The van der Waals surface area contributed by atoms with Gasteiger partial charge in [0.05, 0.1) is 22.0 Å². The number of aryl methyl sites for hydroxylation is 1. The zero-order chi connectivity index (χ0) is 21.8. The first kappa shape index (κ1) is 20.7. The fourth-order valence-electron chi connectivity index (χ4n) is 2.77. The van der Waals surface area contributed by atoms with Crippen LogP contribution < -0.4 is 10.0 Å². The second kappa shape index (κ2) is 8.66. The highest BCUT2D eigenvalue weighted by atomic mass is 35.5. The average molecular weight is 453 g/mol. The lowest BCUT2D eigenvalue weighted by molar-refractivity contribution is 0.601. The van der Waals surface area contributed by atoms with Crippen molar-refractivity contribution in [3.63, 3.8) is 0 Å². The smallest absolute Gasteiger partial charge is 0.261 e.